The summed E-state index contributed by atoms with van der Waals surface area (Å²) in [5.41, 5.74) is 4.93. The number of piperazine rings is 1. The number of anilines is 1. The van der Waals surface area contributed by atoms with Crippen molar-refractivity contribution >= 4 is 21.6 Å². The molecule has 0 atom stereocenters. The van der Waals surface area contributed by atoms with Gasteiger partial charge in [-0.1, -0.05) is 90.5 Å². The molecule has 40 heavy (non-hydrogen) atoms. The van der Waals surface area contributed by atoms with E-state index in [-0.39, 0.29) is 23.3 Å². The highest BCUT2D eigenvalue weighted by atomic mass is 32.2. The topological polar surface area (TPSA) is 60.9 Å². The number of carbonyl (C=O) groups excluding carboxylic acids is 1. The molecule has 1 aliphatic rings. The third kappa shape index (κ3) is 6.11. The first-order valence-corrected chi connectivity index (χ1v) is 15.0. The van der Waals surface area contributed by atoms with Crippen molar-refractivity contribution in [2.24, 2.45) is 0 Å². The summed E-state index contributed by atoms with van der Waals surface area (Å²) in [6.07, 6.45) is 0.287. The summed E-state index contributed by atoms with van der Waals surface area (Å²) in [6.45, 7) is 4.85. The molecule has 0 bridgehead atoms. The molecule has 4 aromatic carbocycles. The molecule has 1 amide bonds. The Morgan fingerprint density at radius 1 is 0.750 bits per heavy atom. The Bertz CT molecular complexity index is 1480. The van der Waals surface area contributed by atoms with Crippen LogP contribution in [0.4, 0.5) is 5.69 Å². The minimum absolute atomic E-state index is 0.0870. The minimum atomic E-state index is -3.66. The summed E-state index contributed by atoms with van der Waals surface area (Å²) in [5, 5.41) is 0. The maximum Gasteiger partial charge on any atom is 0.264 e. The zero-order chi connectivity index (χ0) is 28.1. The van der Waals surface area contributed by atoms with Crippen LogP contribution in [0.3, 0.4) is 0 Å². The van der Waals surface area contributed by atoms with Gasteiger partial charge in [0.2, 0.25) is 5.91 Å². The van der Waals surface area contributed by atoms with Crippen molar-refractivity contribution in [2.45, 2.75) is 24.3 Å². The van der Waals surface area contributed by atoms with Crippen LogP contribution in [0, 0.1) is 6.92 Å². The SMILES string of the molecule is Cc1ccc(S(=O)(=O)N(C)c2ccc(CC(=O)N3CCN(C(c4ccccc4)c4ccccc4)CC3)cc2)cc1. The lowest BCUT2D eigenvalue weighted by molar-refractivity contribution is -0.132. The largest absolute Gasteiger partial charge is 0.340 e. The van der Waals surface area contributed by atoms with Gasteiger partial charge in [-0.3, -0.25) is 14.0 Å². The van der Waals surface area contributed by atoms with Gasteiger partial charge in [0.15, 0.2) is 0 Å². The van der Waals surface area contributed by atoms with Crippen LogP contribution < -0.4 is 4.31 Å². The van der Waals surface area contributed by atoms with Gasteiger partial charge in [-0.15, -0.1) is 0 Å². The van der Waals surface area contributed by atoms with Gasteiger partial charge in [-0.25, -0.2) is 8.42 Å². The second-order valence-electron chi connectivity index (χ2n) is 10.3. The zero-order valence-corrected chi connectivity index (χ0v) is 23.8. The zero-order valence-electron chi connectivity index (χ0n) is 23.0. The molecule has 1 heterocycles. The molecule has 0 aromatic heterocycles. The lowest BCUT2D eigenvalue weighted by Gasteiger charge is -2.40. The molecule has 0 N–H and O–H groups in total. The third-order valence-electron chi connectivity index (χ3n) is 7.60. The molecule has 1 saturated heterocycles. The molecule has 0 saturated carbocycles. The number of nitrogens with zero attached hydrogens (tertiary/aromatic N) is 3. The van der Waals surface area contributed by atoms with E-state index in [0.29, 0.717) is 18.8 Å². The highest BCUT2D eigenvalue weighted by Crippen LogP contribution is 2.29. The molecule has 0 aliphatic carbocycles. The van der Waals surface area contributed by atoms with Gasteiger partial charge in [-0.05, 0) is 47.9 Å². The lowest BCUT2D eigenvalue weighted by atomic mass is 9.96. The normalized spacial score (nSPS) is 14.3. The number of hydrogen-bond acceptors (Lipinski definition) is 4. The average Bonchev–Trinajstić information content (AvgIpc) is 2.99. The van der Waals surface area contributed by atoms with Crippen LogP contribution in [0.15, 0.2) is 114 Å². The molecule has 206 valence electrons. The first-order valence-electron chi connectivity index (χ1n) is 13.6. The summed E-state index contributed by atoms with van der Waals surface area (Å²) in [6, 6.07) is 35.2. The summed E-state index contributed by atoms with van der Waals surface area (Å²) < 4.78 is 27.3. The molecular formula is C33H35N3O3S. The van der Waals surface area contributed by atoms with Crippen LogP contribution in [0.5, 0.6) is 0 Å². The van der Waals surface area contributed by atoms with Crippen molar-refractivity contribution in [2.75, 3.05) is 37.5 Å². The molecule has 1 fully saturated rings. The Hall–Kier alpha value is -3.94. The van der Waals surface area contributed by atoms with E-state index >= 15 is 0 Å². The van der Waals surface area contributed by atoms with Crippen LogP contribution in [0.2, 0.25) is 0 Å². The molecule has 1 aliphatic heterocycles. The van der Waals surface area contributed by atoms with Crippen LogP contribution in [0.1, 0.15) is 28.3 Å². The number of rotatable bonds is 8. The van der Waals surface area contributed by atoms with Crippen molar-refractivity contribution < 1.29 is 13.2 Å². The highest BCUT2D eigenvalue weighted by molar-refractivity contribution is 7.92. The van der Waals surface area contributed by atoms with Crippen LogP contribution in [-0.2, 0) is 21.2 Å². The standard InChI is InChI=1S/C33H35N3O3S/c1-26-13-19-31(20-14-26)40(38,39)34(2)30-17-15-27(16-18-30)25-32(37)35-21-23-36(24-22-35)33(28-9-5-3-6-10-28)29-11-7-4-8-12-29/h3-20,33H,21-25H2,1-2H3. The van der Waals surface area contributed by atoms with Crippen molar-refractivity contribution in [1.82, 2.24) is 9.80 Å². The summed E-state index contributed by atoms with van der Waals surface area (Å²) >= 11 is 0. The van der Waals surface area contributed by atoms with E-state index in [1.807, 2.05) is 36.1 Å². The molecule has 0 radical (unpaired) electrons. The van der Waals surface area contributed by atoms with Crippen molar-refractivity contribution in [1.29, 1.82) is 0 Å². The number of hydrogen-bond donors (Lipinski definition) is 0. The number of benzene rings is 4. The van der Waals surface area contributed by atoms with Crippen LogP contribution in [0.25, 0.3) is 0 Å². The summed E-state index contributed by atoms with van der Waals surface area (Å²) in [7, 11) is -2.11. The van der Waals surface area contributed by atoms with Gasteiger partial charge >= 0.3 is 0 Å². The maximum atomic E-state index is 13.2. The molecular weight excluding hydrogens is 518 g/mol. The highest BCUT2D eigenvalue weighted by Gasteiger charge is 2.28. The molecule has 4 aromatic rings. The van der Waals surface area contributed by atoms with Gasteiger partial charge in [-0.2, -0.15) is 0 Å². The number of aryl methyl sites for hydroxylation is 1. The van der Waals surface area contributed by atoms with E-state index in [4.69, 9.17) is 0 Å². The first-order chi connectivity index (χ1) is 19.3. The number of sulfonamides is 1. The smallest absolute Gasteiger partial charge is 0.264 e. The predicted molar refractivity (Wildman–Crippen MR) is 160 cm³/mol. The predicted octanol–water partition coefficient (Wildman–Crippen LogP) is 5.30. The van der Waals surface area contributed by atoms with Crippen molar-refractivity contribution in [3.63, 3.8) is 0 Å². The first kappa shape index (κ1) is 27.6. The van der Waals surface area contributed by atoms with Gasteiger partial charge in [0, 0.05) is 33.2 Å². The Labute approximate surface area is 237 Å². The van der Waals surface area contributed by atoms with Crippen LogP contribution in [-0.4, -0.2) is 57.4 Å². The van der Waals surface area contributed by atoms with E-state index in [0.717, 1.165) is 24.2 Å². The average molecular weight is 554 g/mol. The number of carbonyl (C=O) groups is 1. The van der Waals surface area contributed by atoms with E-state index in [1.54, 1.807) is 43.4 Å². The van der Waals surface area contributed by atoms with Gasteiger partial charge < -0.3 is 4.90 Å². The fourth-order valence-electron chi connectivity index (χ4n) is 5.23. The molecule has 7 heteroatoms. The molecule has 6 nitrogen and oxygen atoms in total. The quantitative estimate of drug-likeness (QED) is 0.297. The molecule has 5 rings (SSSR count). The van der Waals surface area contributed by atoms with Crippen molar-refractivity contribution in [3.8, 4) is 0 Å². The Morgan fingerprint density at radius 3 is 1.80 bits per heavy atom. The van der Waals surface area contributed by atoms with E-state index in [1.165, 1.54) is 15.4 Å². The van der Waals surface area contributed by atoms with Crippen molar-refractivity contribution in [3.05, 3.63) is 131 Å². The minimum Gasteiger partial charge on any atom is -0.340 e. The second kappa shape index (κ2) is 12.1. The molecule has 0 unspecified atom stereocenters. The van der Waals surface area contributed by atoms with Gasteiger partial charge in [0.25, 0.3) is 10.0 Å². The number of amides is 1. The molecule has 0 spiro atoms. The maximum absolute atomic E-state index is 13.2. The van der Waals surface area contributed by atoms with Gasteiger partial charge in [0.05, 0.1) is 23.0 Å². The lowest BCUT2D eigenvalue weighted by Crippen LogP contribution is -2.50. The van der Waals surface area contributed by atoms with E-state index in [2.05, 4.69) is 53.4 Å². The fraction of sp³-hybridized carbons (Fsp3) is 0.242. The Morgan fingerprint density at radius 2 is 1.27 bits per heavy atom. The second-order valence-corrected chi connectivity index (χ2v) is 12.2. The summed E-state index contributed by atoms with van der Waals surface area (Å²) in [5.74, 6) is 0.0870. The monoisotopic (exact) mass is 553 g/mol. The van der Waals surface area contributed by atoms with Crippen LogP contribution >= 0.6 is 0 Å². The Balaban J connectivity index is 1.21. The van der Waals surface area contributed by atoms with Gasteiger partial charge in [0.1, 0.15) is 0 Å². The third-order valence-corrected chi connectivity index (χ3v) is 9.40. The van der Waals surface area contributed by atoms with E-state index in [9.17, 15) is 13.2 Å². The fourth-order valence-corrected chi connectivity index (χ4v) is 6.43. The Kier molecular flexibility index (Phi) is 8.33. The summed E-state index contributed by atoms with van der Waals surface area (Å²) in [4.78, 5) is 17.8. The van der Waals surface area contributed by atoms with E-state index < -0.39 is 10.0 Å².